The first-order valence-electron chi connectivity index (χ1n) is 4.27. The van der Waals surface area contributed by atoms with Crippen LogP contribution in [0, 0.1) is 0 Å². The van der Waals surface area contributed by atoms with Gasteiger partial charge in [-0.1, -0.05) is 5.16 Å². The SMILES string of the molecule is CC(N)c1noc(-c2ccncc2)n1. The second kappa shape index (κ2) is 3.55. The molecule has 2 aromatic rings. The van der Waals surface area contributed by atoms with Crippen molar-refractivity contribution in [3.63, 3.8) is 0 Å². The third-order valence-electron chi connectivity index (χ3n) is 1.78. The third kappa shape index (κ3) is 1.62. The molecule has 1 unspecified atom stereocenters. The number of hydrogen-bond donors (Lipinski definition) is 1. The lowest BCUT2D eigenvalue weighted by molar-refractivity contribution is 0.418. The molecule has 0 bridgehead atoms. The minimum atomic E-state index is -0.214. The van der Waals surface area contributed by atoms with Gasteiger partial charge in [-0.3, -0.25) is 4.98 Å². The van der Waals surface area contributed by atoms with Gasteiger partial charge in [0.05, 0.1) is 6.04 Å². The van der Waals surface area contributed by atoms with Gasteiger partial charge in [0.2, 0.25) is 0 Å². The topological polar surface area (TPSA) is 77.8 Å². The molecule has 2 heterocycles. The predicted octanol–water partition coefficient (Wildman–Crippen LogP) is 1.15. The van der Waals surface area contributed by atoms with E-state index in [1.807, 2.05) is 0 Å². The van der Waals surface area contributed by atoms with Crippen molar-refractivity contribution in [3.05, 3.63) is 30.4 Å². The van der Waals surface area contributed by atoms with Crippen LogP contribution in [-0.2, 0) is 0 Å². The molecule has 0 saturated heterocycles. The molecule has 5 heteroatoms. The highest BCUT2D eigenvalue weighted by Crippen LogP contribution is 2.16. The van der Waals surface area contributed by atoms with Crippen LogP contribution in [0.2, 0.25) is 0 Å². The quantitative estimate of drug-likeness (QED) is 0.768. The smallest absolute Gasteiger partial charge is 0.258 e. The van der Waals surface area contributed by atoms with Gasteiger partial charge in [-0.15, -0.1) is 0 Å². The highest BCUT2D eigenvalue weighted by atomic mass is 16.5. The second-order valence-electron chi connectivity index (χ2n) is 2.98. The minimum absolute atomic E-state index is 0.214. The second-order valence-corrected chi connectivity index (χ2v) is 2.98. The molecule has 2 rings (SSSR count). The first-order valence-corrected chi connectivity index (χ1v) is 4.27. The molecular formula is C9H10N4O. The average Bonchev–Trinajstić information content (AvgIpc) is 2.68. The summed E-state index contributed by atoms with van der Waals surface area (Å²) in [5.41, 5.74) is 6.45. The van der Waals surface area contributed by atoms with Crippen molar-refractivity contribution in [1.82, 2.24) is 15.1 Å². The Morgan fingerprint density at radius 1 is 1.36 bits per heavy atom. The van der Waals surface area contributed by atoms with Crippen LogP contribution in [0.15, 0.2) is 29.0 Å². The van der Waals surface area contributed by atoms with E-state index in [2.05, 4.69) is 15.1 Å². The summed E-state index contributed by atoms with van der Waals surface area (Å²) in [4.78, 5) is 8.05. The maximum Gasteiger partial charge on any atom is 0.258 e. The van der Waals surface area contributed by atoms with Crippen LogP contribution < -0.4 is 5.73 Å². The van der Waals surface area contributed by atoms with Crippen molar-refractivity contribution >= 4 is 0 Å². The van der Waals surface area contributed by atoms with Crippen molar-refractivity contribution in [2.45, 2.75) is 13.0 Å². The molecule has 1 atom stereocenters. The van der Waals surface area contributed by atoms with E-state index in [4.69, 9.17) is 10.3 Å². The molecule has 0 spiro atoms. The van der Waals surface area contributed by atoms with Gasteiger partial charge in [0.1, 0.15) is 0 Å². The zero-order chi connectivity index (χ0) is 9.97. The fourth-order valence-electron chi connectivity index (χ4n) is 1.03. The Kier molecular flexibility index (Phi) is 2.24. The maximum atomic E-state index is 5.61. The number of pyridine rings is 1. The van der Waals surface area contributed by atoms with Crippen LogP contribution in [0.4, 0.5) is 0 Å². The van der Waals surface area contributed by atoms with Gasteiger partial charge in [0.15, 0.2) is 5.82 Å². The number of nitrogens with zero attached hydrogens (tertiary/aromatic N) is 3. The summed E-state index contributed by atoms with van der Waals surface area (Å²) in [5.74, 6) is 0.983. The lowest BCUT2D eigenvalue weighted by Gasteiger charge is -1.93. The Morgan fingerprint density at radius 2 is 2.07 bits per heavy atom. The lowest BCUT2D eigenvalue weighted by Crippen LogP contribution is -2.06. The predicted molar refractivity (Wildman–Crippen MR) is 50.1 cm³/mol. The molecule has 0 amide bonds. The van der Waals surface area contributed by atoms with Gasteiger partial charge >= 0.3 is 0 Å². The monoisotopic (exact) mass is 190 g/mol. The van der Waals surface area contributed by atoms with E-state index in [0.717, 1.165) is 5.56 Å². The van der Waals surface area contributed by atoms with Crippen molar-refractivity contribution in [1.29, 1.82) is 0 Å². The first kappa shape index (κ1) is 8.83. The molecule has 2 N–H and O–H groups in total. The van der Waals surface area contributed by atoms with Crippen molar-refractivity contribution in [3.8, 4) is 11.5 Å². The molecule has 2 aromatic heterocycles. The van der Waals surface area contributed by atoms with E-state index in [1.54, 1.807) is 31.5 Å². The Balaban J connectivity index is 2.34. The number of rotatable bonds is 2. The van der Waals surface area contributed by atoms with Crippen molar-refractivity contribution < 1.29 is 4.52 Å². The Bertz CT molecular complexity index is 410. The van der Waals surface area contributed by atoms with Gasteiger partial charge in [-0.25, -0.2) is 0 Å². The van der Waals surface area contributed by atoms with E-state index in [-0.39, 0.29) is 6.04 Å². The normalized spacial score (nSPS) is 12.7. The van der Waals surface area contributed by atoms with Crippen LogP contribution in [0.5, 0.6) is 0 Å². The van der Waals surface area contributed by atoms with E-state index < -0.39 is 0 Å². The highest BCUT2D eigenvalue weighted by molar-refractivity contribution is 5.51. The zero-order valence-electron chi connectivity index (χ0n) is 7.71. The first-order chi connectivity index (χ1) is 6.77. The van der Waals surface area contributed by atoms with Crippen LogP contribution in [-0.4, -0.2) is 15.1 Å². The summed E-state index contributed by atoms with van der Waals surface area (Å²) < 4.78 is 5.04. The molecule has 0 aromatic carbocycles. The lowest BCUT2D eigenvalue weighted by atomic mass is 10.3. The minimum Gasteiger partial charge on any atom is -0.334 e. The average molecular weight is 190 g/mol. The third-order valence-corrected chi connectivity index (χ3v) is 1.78. The molecule has 0 aliphatic carbocycles. The molecule has 0 radical (unpaired) electrons. The summed E-state index contributed by atoms with van der Waals surface area (Å²) in [6.45, 7) is 1.81. The molecule has 0 aliphatic heterocycles. The number of nitrogens with two attached hydrogens (primary N) is 1. The van der Waals surface area contributed by atoms with Gasteiger partial charge in [-0.05, 0) is 19.1 Å². The number of hydrogen-bond acceptors (Lipinski definition) is 5. The van der Waals surface area contributed by atoms with E-state index >= 15 is 0 Å². The van der Waals surface area contributed by atoms with Crippen LogP contribution in [0.3, 0.4) is 0 Å². The summed E-state index contributed by atoms with van der Waals surface area (Å²) in [5, 5.41) is 3.76. The summed E-state index contributed by atoms with van der Waals surface area (Å²) in [7, 11) is 0. The molecule has 72 valence electrons. The van der Waals surface area contributed by atoms with Gasteiger partial charge in [-0.2, -0.15) is 4.98 Å². The fraction of sp³-hybridized carbons (Fsp3) is 0.222. The van der Waals surface area contributed by atoms with Crippen LogP contribution >= 0.6 is 0 Å². The molecule has 0 fully saturated rings. The summed E-state index contributed by atoms with van der Waals surface area (Å²) in [6.07, 6.45) is 3.34. The largest absolute Gasteiger partial charge is 0.334 e. The van der Waals surface area contributed by atoms with Crippen molar-refractivity contribution in [2.24, 2.45) is 5.73 Å². The van der Waals surface area contributed by atoms with E-state index in [0.29, 0.717) is 11.7 Å². The summed E-state index contributed by atoms with van der Waals surface area (Å²) in [6, 6.07) is 3.39. The Hall–Kier alpha value is -1.75. The molecule has 0 aliphatic rings. The van der Waals surface area contributed by atoms with Crippen LogP contribution in [0.1, 0.15) is 18.8 Å². The highest BCUT2D eigenvalue weighted by Gasteiger charge is 2.10. The number of aromatic nitrogens is 3. The van der Waals surface area contributed by atoms with E-state index in [9.17, 15) is 0 Å². The Morgan fingerprint density at radius 3 is 2.64 bits per heavy atom. The molecular weight excluding hydrogens is 180 g/mol. The van der Waals surface area contributed by atoms with Gasteiger partial charge in [0, 0.05) is 18.0 Å². The summed E-state index contributed by atoms with van der Waals surface area (Å²) >= 11 is 0. The maximum absolute atomic E-state index is 5.61. The standard InChI is InChI=1S/C9H10N4O/c1-6(10)8-12-9(14-13-8)7-2-4-11-5-3-7/h2-6H,10H2,1H3. The van der Waals surface area contributed by atoms with Crippen LogP contribution in [0.25, 0.3) is 11.5 Å². The molecule has 14 heavy (non-hydrogen) atoms. The molecule has 5 nitrogen and oxygen atoms in total. The van der Waals surface area contributed by atoms with Gasteiger partial charge < -0.3 is 10.3 Å². The van der Waals surface area contributed by atoms with Crippen molar-refractivity contribution in [2.75, 3.05) is 0 Å². The Labute approximate surface area is 81.0 Å². The molecule has 0 saturated carbocycles. The fourth-order valence-corrected chi connectivity index (χ4v) is 1.03. The van der Waals surface area contributed by atoms with Gasteiger partial charge in [0.25, 0.3) is 5.89 Å². The zero-order valence-corrected chi connectivity index (χ0v) is 7.71. The van der Waals surface area contributed by atoms with E-state index in [1.165, 1.54) is 0 Å².